The van der Waals surface area contributed by atoms with Crippen LogP contribution in [0, 0.1) is 0 Å². The number of hydrogen-bond donors (Lipinski definition) is 2. The first kappa shape index (κ1) is 17.7. The summed E-state index contributed by atoms with van der Waals surface area (Å²) in [6.07, 6.45) is 0.434. The molecule has 0 saturated carbocycles. The van der Waals surface area contributed by atoms with Gasteiger partial charge < -0.3 is 10.6 Å². The van der Waals surface area contributed by atoms with Crippen molar-refractivity contribution < 1.29 is 9.59 Å². The molecule has 2 aromatic carbocycles. The highest BCUT2D eigenvalue weighted by atomic mass is 16.2. The third-order valence-corrected chi connectivity index (χ3v) is 3.76. The topological polar surface area (TPSA) is 58.2 Å². The van der Waals surface area contributed by atoms with Gasteiger partial charge in [-0.2, -0.15) is 0 Å². The minimum absolute atomic E-state index is 0.0364. The lowest BCUT2D eigenvalue weighted by atomic mass is 9.87. The van der Waals surface area contributed by atoms with E-state index in [0.717, 1.165) is 5.69 Å². The lowest BCUT2D eigenvalue weighted by Gasteiger charge is -2.19. The van der Waals surface area contributed by atoms with Gasteiger partial charge in [-0.05, 0) is 47.4 Å². The Hall–Kier alpha value is -2.62. The van der Waals surface area contributed by atoms with Crippen LogP contribution in [0.15, 0.2) is 48.5 Å². The van der Waals surface area contributed by atoms with Gasteiger partial charge in [0.2, 0.25) is 5.91 Å². The Labute approximate surface area is 143 Å². The second kappa shape index (κ2) is 7.30. The van der Waals surface area contributed by atoms with Crippen LogP contribution in [0.1, 0.15) is 50.0 Å². The number of anilines is 2. The van der Waals surface area contributed by atoms with Gasteiger partial charge in [0.15, 0.2) is 0 Å². The Kier molecular flexibility index (Phi) is 5.39. The van der Waals surface area contributed by atoms with Crippen molar-refractivity contribution in [1.82, 2.24) is 0 Å². The summed E-state index contributed by atoms with van der Waals surface area (Å²) in [4.78, 5) is 23.6. The summed E-state index contributed by atoms with van der Waals surface area (Å²) in [7, 11) is 0. The zero-order chi connectivity index (χ0) is 17.7. The fourth-order valence-corrected chi connectivity index (χ4v) is 2.21. The quantitative estimate of drug-likeness (QED) is 0.864. The van der Waals surface area contributed by atoms with E-state index in [1.165, 1.54) is 5.56 Å². The van der Waals surface area contributed by atoms with Crippen LogP contribution >= 0.6 is 0 Å². The minimum Gasteiger partial charge on any atom is -0.326 e. The summed E-state index contributed by atoms with van der Waals surface area (Å²) in [5, 5.41) is 5.63. The second-order valence-electron chi connectivity index (χ2n) is 6.76. The number of carbonyl (C=O) groups excluding carboxylic acids is 2. The molecule has 4 nitrogen and oxygen atoms in total. The van der Waals surface area contributed by atoms with Crippen LogP contribution < -0.4 is 10.6 Å². The van der Waals surface area contributed by atoms with Crippen LogP contribution in [0.3, 0.4) is 0 Å². The Morgan fingerprint density at radius 2 is 1.33 bits per heavy atom. The molecular formula is C20H24N2O2. The fraction of sp³-hybridized carbons (Fsp3) is 0.300. The predicted molar refractivity (Wildman–Crippen MR) is 98.5 cm³/mol. The van der Waals surface area contributed by atoms with Crippen molar-refractivity contribution >= 4 is 23.2 Å². The van der Waals surface area contributed by atoms with Gasteiger partial charge in [0, 0.05) is 23.4 Å². The molecule has 0 bridgehead atoms. The van der Waals surface area contributed by atoms with E-state index < -0.39 is 0 Å². The monoisotopic (exact) mass is 324 g/mol. The number of hydrogen-bond acceptors (Lipinski definition) is 2. The van der Waals surface area contributed by atoms with Crippen LogP contribution in [-0.2, 0) is 10.2 Å². The first-order valence-corrected chi connectivity index (χ1v) is 8.11. The molecule has 0 spiro atoms. The van der Waals surface area contributed by atoms with E-state index >= 15 is 0 Å². The van der Waals surface area contributed by atoms with E-state index in [-0.39, 0.29) is 17.2 Å². The van der Waals surface area contributed by atoms with E-state index in [9.17, 15) is 9.59 Å². The fourth-order valence-electron chi connectivity index (χ4n) is 2.21. The highest BCUT2D eigenvalue weighted by Gasteiger charge is 2.14. The minimum atomic E-state index is -0.152. The number of carbonyl (C=O) groups is 2. The average molecular weight is 324 g/mol. The summed E-state index contributed by atoms with van der Waals surface area (Å²) in [5.41, 5.74) is 3.28. The van der Waals surface area contributed by atoms with Crippen molar-refractivity contribution in [2.24, 2.45) is 0 Å². The molecule has 0 aromatic heterocycles. The molecular weight excluding hydrogens is 300 g/mol. The number of amides is 2. The van der Waals surface area contributed by atoms with Gasteiger partial charge in [-0.15, -0.1) is 0 Å². The molecule has 0 aliphatic carbocycles. The summed E-state index contributed by atoms with van der Waals surface area (Å²) in [6.45, 7) is 8.22. The first-order valence-electron chi connectivity index (χ1n) is 8.11. The molecule has 0 aliphatic heterocycles. The second-order valence-corrected chi connectivity index (χ2v) is 6.76. The van der Waals surface area contributed by atoms with Crippen molar-refractivity contribution in [3.05, 3.63) is 59.7 Å². The van der Waals surface area contributed by atoms with E-state index in [0.29, 0.717) is 17.7 Å². The summed E-state index contributed by atoms with van der Waals surface area (Å²) >= 11 is 0. The summed E-state index contributed by atoms with van der Waals surface area (Å²) < 4.78 is 0. The average Bonchev–Trinajstić information content (AvgIpc) is 2.55. The van der Waals surface area contributed by atoms with E-state index in [1.54, 1.807) is 31.2 Å². The standard InChI is InChI=1S/C20H24N2O2/c1-5-18(23)21-16-10-12-17(13-11-16)22-19(24)14-6-8-15(9-7-14)20(2,3)4/h6-13H,5H2,1-4H3,(H,21,23)(H,22,24). The summed E-state index contributed by atoms with van der Waals surface area (Å²) in [5.74, 6) is -0.188. The Morgan fingerprint density at radius 1 is 0.833 bits per heavy atom. The summed E-state index contributed by atoms with van der Waals surface area (Å²) in [6, 6.07) is 14.7. The van der Waals surface area contributed by atoms with Gasteiger partial charge in [-0.25, -0.2) is 0 Å². The van der Waals surface area contributed by atoms with Crippen LogP contribution in [0.5, 0.6) is 0 Å². The Morgan fingerprint density at radius 3 is 1.79 bits per heavy atom. The molecule has 0 saturated heterocycles. The molecule has 24 heavy (non-hydrogen) atoms. The largest absolute Gasteiger partial charge is 0.326 e. The lowest BCUT2D eigenvalue weighted by Crippen LogP contribution is -2.14. The third-order valence-electron chi connectivity index (χ3n) is 3.76. The molecule has 0 aliphatic rings. The maximum absolute atomic E-state index is 12.3. The SMILES string of the molecule is CCC(=O)Nc1ccc(NC(=O)c2ccc(C(C)(C)C)cc2)cc1. The van der Waals surface area contributed by atoms with Gasteiger partial charge in [0.25, 0.3) is 5.91 Å². The molecule has 0 atom stereocenters. The maximum Gasteiger partial charge on any atom is 0.255 e. The van der Waals surface area contributed by atoms with Crippen molar-refractivity contribution in [3.8, 4) is 0 Å². The maximum atomic E-state index is 12.3. The highest BCUT2D eigenvalue weighted by Crippen LogP contribution is 2.22. The van der Waals surface area contributed by atoms with Gasteiger partial charge in [0.1, 0.15) is 0 Å². The molecule has 0 heterocycles. The lowest BCUT2D eigenvalue weighted by molar-refractivity contribution is -0.115. The zero-order valence-corrected chi connectivity index (χ0v) is 14.6. The Bertz CT molecular complexity index is 711. The number of nitrogens with one attached hydrogen (secondary N) is 2. The molecule has 2 rings (SSSR count). The van der Waals surface area contributed by atoms with E-state index in [2.05, 4.69) is 31.4 Å². The van der Waals surface area contributed by atoms with Crippen molar-refractivity contribution in [2.45, 2.75) is 39.5 Å². The predicted octanol–water partition coefficient (Wildman–Crippen LogP) is 4.58. The molecule has 126 valence electrons. The first-order chi connectivity index (χ1) is 11.3. The van der Waals surface area contributed by atoms with E-state index in [1.807, 2.05) is 24.3 Å². The van der Waals surface area contributed by atoms with Crippen molar-refractivity contribution in [2.75, 3.05) is 10.6 Å². The molecule has 0 unspecified atom stereocenters. The van der Waals surface area contributed by atoms with Gasteiger partial charge in [0.05, 0.1) is 0 Å². The molecule has 2 amide bonds. The van der Waals surface area contributed by atoms with Crippen LogP contribution in [-0.4, -0.2) is 11.8 Å². The normalized spacial score (nSPS) is 11.0. The van der Waals surface area contributed by atoms with Gasteiger partial charge in [-0.3, -0.25) is 9.59 Å². The Balaban J connectivity index is 2.03. The number of benzene rings is 2. The number of rotatable bonds is 4. The molecule has 2 aromatic rings. The van der Waals surface area contributed by atoms with Crippen molar-refractivity contribution in [1.29, 1.82) is 0 Å². The van der Waals surface area contributed by atoms with Gasteiger partial charge >= 0.3 is 0 Å². The molecule has 0 fully saturated rings. The smallest absolute Gasteiger partial charge is 0.255 e. The van der Waals surface area contributed by atoms with Gasteiger partial charge in [-0.1, -0.05) is 39.8 Å². The highest BCUT2D eigenvalue weighted by molar-refractivity contribution is 6.04. The van der Waals surface area contributed by atoms with Crippen molar-refractivity contribution in [3.63, 3.8) is 0 Å². The zero-order valence-electron chi connectivity index (χ0n) is 14.6. The van der Waals surface area contributed by atoms with E-state index in [4.69, 9.17) is 0 Å². The molecule has 2 N–H and O–H groups in total. The van der Waals surface area contributed by atoms with Crippen LogP contribution in [0.2, 0.25) is 0 Å². The molecule has 4 heteroatoms. The molecule has 0 radical (unpaired) electrons. The van der Waals surface area contributed by atoms with Crippen LogP contribution in [0.25, 0.3) is 0 Å². The van der Waals surface area contributed by atoms with Crippen LogP contribution in [0.4, 0.5) is 11.4 Å². The third kappa shape index (κ3) is 4.69.